The van der Waals surface area contributed by atoms with E-state index in [-0.39, 0.29) is 33.5 Å². The summed E-state index contributed by atoms with van der Waals surface area (Å²) in [6, 6.07) is 43.3. The van der Waals surface area contributed by atoms with E-state index in [1.807, 2.05) is 0 Å². The normalized spacial score (nSPS) is 13.1. The SMILES string of the molecule is CC(C)c1cc(C(C)C)c(C(c2ccc(C(C)(C)C)cc2)c2ccc(C(C)(C)C)cc2)cc1C(c1ccc(C(C)(C)C)cc1)c1ccc(C(C)(C)C)cc1. The van der Waals surface area contributed by atoms with Gasteiger partial charge in [0.2, 0.25) is 0 Å². The lowest BCUT2D eigenvalue weighted by molar-refractivity contribution is 0.589. The fourth-order valence-corrected chi connectivity index (χ4v) is 7.97. The van der Waals surface area contributed by atoms with Gasteiger partial charge in [0.05, 0.1) is 0 Å². The van der Waals surface area contributed by atoms with Crippen LogP contribution in [0.15, 0.2) is 109 Å². The van der Waals surface area contributed by atoms with Gasteiger partial charge in [-0.25, -0.2) is 0 Å². The molecule has 286 valence electrons. The lowest BCUT2D eigenvalue weighted by Crippen LogP contribution is -2.16. The molecule has 0 fully saturated rings. The van der Waals surface area contributed by atoms with Crippen LogP contribution in [0.3, 0.4) is 0 Å². The van der Waals surface area contributed by atoms with E-state index in [1.54, 1.807) is 0 Å². The Kier molecular flexibility index (Phi) is 11.7. The third-order valence-corrected chi connectivity index (χ3v) is 11.6. The molecule has 0 bridgehead atoms. The first-order valence-electron chi connectivity index (χ1n) is 20.6. The van der Waals surface area contributed by atoms with E-state index in [0.717, 1.165) is 0 Å². The summed E-state index contributed by atoms with van der Waals surface area (Å²) in [5, 5.41) is 0. The average Bonchev–Trinajstić information content (AvgIpc) is 3.08. The van der Waals surface area contributed by atoms with E-state index >= 15 is 0 Å². The molecule has 0 spiro atoms. The number of benzene rings is 5. The van der Waals surface area contributed by atoms with Crippen molar-refractivity contribution in [2.45, 2.75) is 156 Å². The second-order valence-electron chi connectivity index (χ2n) is 20.8. The minimum atomic E-state index is 0.0931. The zero-order valence-electron chi connectivity index (χ0n) is 36.7. The topological polar surface area (TPSA) is 0 Å². The molecule has 5 rings (SSSR count). The van der Waals surface area contributed by atoms with Crippen molar-refractivity contribution < 1.29 is 0 Å². The van der Waals surface area contributed by atoms with Crippen molar-refractivity contribution in [2.24, 2.45) is 0 Å². The van der Waals surface area contributed by atoms with Gasteiger partial charge >= 0.3 is 0 Å². The van der Waals surface area contributed by atoms with Gasteiger partial charge in [-0.2, -0.15) is 0 Å². The minimum Gasteiger partial charge on any atom is -0.0587 e. The summed E-state index contributed by atoms with van der Waals surface area (Å²) < 4.78 is 0. The minimum absolute atomic E-state index is 0.0931. The molecule has 0 radical (unpaired) electrons. The fraction of sp³-hybridized carbons (Fsp3) is 0.444. The van der Waals surface area contributed by atoms with Gasteiger partial charge in [-0.15, -0.1) is 0 Å². The van der Waals surface area contributed by atoms with E-state index in [1.165, 1.54) is 66.8 Å². The van der Waals surface area contributed by atoms with Gasteiger partial charge in [-0.3, -0.25) is 0 Å². The molecule has 0 aromatic heterocycles. The van der Waals surface area contributed by atoms with Crippen LogP contribution in [0.4, 0.5) is 0 Å². The number of rotatable bonds is 8. The van der Waals surface area contributed by atoms with Crippen molar-refractivity contribution in [3.05, 3.63) is 176 Å². The predicted molar refractivity (Wildman–Crippen MR) is 237 cm³/mol. The summed E-state index contributed by atoms with van der Waals surface area (Å²) in [4.78, 5) is 0. The van der Waals surface area contributed by atoms with E-state index in [0.29, 0.717) is 11.8 Å². The third kappa shape index (κ3) is 9.13. The van der Waals surface area contributed by atoms with Crippen LogP contribution in [0.1, 0.15) is 201 Å². The van der Waals surface area contributed by atoms with Crippen molar-refractivity contribution in [1.29, 1.82) is 0 Å². The summed E-state index contributed by atoms with van der Waals surface area (Å²) >= 11 is 0. The maximum atomic E-state index is 2.63. The molecule has 0 nitrogen and oxygen atoms in total. The van der Waals surface area contributed by atoms with Crippen LogP contribution in [0.25, 0.3) is 0 Å². The van der Waals surface area contributed by atoms with Crippen LogP contribution in [0.2, 0.25) is 0 Å². The maximum Gasteiger partial charge on any atom is 0.0342 e. The quantitative estimate of drug-likeness (QED) is 0.140. The Labute approximate surface area is 330 Å². The molecule has 0 N–H and O–H groups in total. The van der Waals surface area contributed by atoms with Crippen molar-refractivity contribution >= 4 is 0 Å². The zero-order chi connectivity index (χ0) is 40.0. The lowest BCUT2D eigenvalue weighted by Gasteiger charge is -2.31. The lowest BCUT2D eigenvalue weighted by atomic mass is 9.73. The highest BCUT2D eigenvalue weighted by molar-refractivity contribution is 5.57. The van der Waals surface area contributed by atoms with Crippen LogP contribution in [0.5, 0.6) is 0 Å². The molecule has 0 atom stereocenters. The van der Waals surface area contributed by atoms with Crippen molar-refractivity contribution in [3.8, 4) is 0 Å². The Bertz CT molecular complexity index is 1730. The molecule has 0 heterocycles. The van der Waals surface area contributed by atoms with Gasteiger partial charge in [0.25, 0.3) is 0 Å². The summed E-state index contributed by atoms with van der Waals surface area (Å²) in [6.45, 7) is 37.2. The Morgan fingerprint density at radius 3 is 0.630 bits per heavy atom. The highest BCUT2D eigenvalue weighted by Crippen LogP contribution is 2.45. The highest BCUT2D eigenvalue weighted by Gasteiger charge is 2.29. The molecule has 0 amide bonds. The summed E-state index contributed by atoms with van der Waals surface area (Å²) in [5.41, 5.74) is 16.9. The zero-order valence-corrected chi connectivity index (χ0v) is 36.7. The molecule has 5 aromatic carbocycles. The summed E-state index contributed by atoms with van der Waals surface area (Å²) in [5.74, 6) is 0.926. The molecular weight excluding hydrogens is 649 g/mol. The van der Waals surface area contributed by atoms with Crippen molar-refractivity contribution in [2.75, 3.05) is 0 Å². The van der Waals surface area contributed by atoms with Crippen LogP contribution >= 0.6 is 0 Å². The standard InChI is InChI=1S/C54H70/c1-35(2)45-33-46(36(3)4)48(50(39-21-29-43(30-22-39)53(11,12)13)40-23-31-44(32-24-40)54(14,15)16)34-47(45)49(37-17-25-41(26-18-37)51(5,6)7)38-19-27-42(28-20-38)52(8,9)10/h17-36,49-50H,1-16H3. The summed E-state index contributed by atoms with van der Waals surface area (Å²) in [7, 11) is 0. The molecule has 0 unspecified atom stereocenters. The van der Waals surface area contributed by atoms with Crippen LogP contribution in [-0.2, 0) is 21.7 Å². The highest BCUT2D eigenvalue weighted by atomic mass is 14.3. The van der Waals surface area contributed by atoms with Crippen LogP contribution in [0, 0.1) is 0 Å². The predicted octanol–water partition coefficient (Wildman–Crippen LogP) is 15.5. The number of hydrogen-bond acceptors (Lipinski definition) is 0. The van der Waals surface area contributed by atoms with Crippen molar-refractivity contribution in [1.82, 2.24) is 0 Å². The molecule has 0 aliphatic rings. The largest absolute Gasteiger partial charge is 0.0587 e. The van der Waals surface area contributed by atoms with E-state index in [4.69, 9.17) is 0 Å². The average molecular weight is 719 g/mol. The van der Waals surface area contributed by atoms with Gasteiger partial charge in [-0.05, 0) is 100 Å². The Morgan fingerprint density at radius 1 is 0.278 bits per heavy atom. The summed E-state index contributed by atoms with van der Waals surface area (Å²) in [6.07, 6.45) is 0. The Balaban J connectivity index is 1.84. The van der Waals surface area contributed by atoms with Crippen LogP contribution in [-0.4, -0.2) is 0 Å². The Hall–Kier alpha value is -3.90. The van der Waals surface area contributed by atoms with Gasteiger partial charge in [0.15, 0.2) is 0 Å². The molecule has 0 heteroatoms. The van der Waals surface area contributed by atoms with Crippen molar-refractivity contribution in [3.63, 3.8) is 0 Å². The van der Waals surface area contributed by atoms with Gasteiger partial charge < -0.3 is 0 Å². The second kappa shape index (κ2) is 15.3. The molecule has 0 saturated carbocycles. The molecule has 0 aliphatic carbocycles. The molecular formula is C54H70. The van der Waals surface area contributed by atoms with Gasteiger partial charge in [0.1, 0.15) is 0 Å². The monoisotopic (exact) mass is 719 g/mol. The van der Waals surface area contributed by atoms with Gasteiger partial charge in [0, 0.05) is 11.8 Å². The number of hydrogen-bond donors (Lipinski definition) is 0. The second-order valence-corrected chi connectivity index (χ2v) is 20.8. The van der Waals surface area contributed by atoms with E-state index in [9.17, 15) is 0 Å². The molecule has 5 aromatic rings. The molecule has 0 aliphatic heterocycles. The van der Waals surface area contributed by atoms with E-state index in [2.05, 4.69) is 220 Å². The van der Waals surface area contributed by atoms with Gasteiger partial charge in [-0.1, -0.05) is 220 Å². The first-order valence-corrected chi connectivity index (χ1v) is 20.6. The first kappa shape index (κ1) is 41.3. The first-order chi connectivity index (χ1) is 25.0. The maximum absolute atomic E-state index is 2.63. The molecule has 0 saturated heterocycles. The molecule has 54 heavy (non-hydrogen) atoms. The Morgan fingerprint density at radius 2 is 0.463 bits per heavy atom. The van der Waals surface area contributed by atoms with E-state index < -0.39 is 0 Å². The third-order valence-electron chi connectivity index (χ3n) is 11.6. The van der Waals surface area contributed by atoms with Crippen LogP contribution < -0.4 is 0 Å². The smallest absolute Gasteiger partial charge is 0.0342 e. The fourth-order valence-electron chi connectivity index (χ4n) is 7.97.